The van der Waals surface area contributed by atoms with Crippen LogP contribution in [-0.2, 0) is 24.2 Å². The molecule has 1 aromatic carbocycles. The average Bonchev–Trinajstić information content (AvgIpc) is 2.77. The number of fused-ring (bicyclic) bond motifs is 1. The fourth-order valence-electron chi connectivity index (χ4n) is 3.37. The Kier molecular flexibility index (Phi) is 7.02. The van der Waals surface area contributed by atoms with Crippen molar-refractivity contribution >= 4 is 17.4 Å². The third-order valence-electron chi connectivity index (χ3n) is 5.40. The highest BCUT2D eigenvalue weighted by Crippen LogP contribution is 2.31. The van der Waals surface area contributed by atoms with Crippen molar-refractivity contribution in [3.63, 3.8) is 0 Å². The summed E-state index contributed by atoms with van der Waals surface area (Å²) in [5, 5.41) is 2.90. The number of amides is 1. The SMILES string of the molecule is C.Cc1nc(CCc2ccc(OCc3ccc(F)cn3)cc2)nc2c1NC(=O)[C@H](C)N2C. The Morgan fingerprint density at radius 1 is 1.12 bits per heavy atom. The van der Waals surface area contributed by atoms with E-state index in [-0.39, 0.29) is 31.8 Å². The van der Waals surface area contributed by atoms with Gasteiger partial charge in [0.05, 0.1) is 17.6 Å². The summed E-state index contributed by atoms with van der Waals surface area (Å²) in [5.41, 5.74) is 3.26. The van der Waals surface area contributed by atoms with Crippen LogP contribution in [0.1, 0.15) is 37.1 Å². The van der Waals surface area contributed by atoms with Crippen LogP contribution in [0.4, 0.5) is 15.9 Å². The molecule has 1 N–H and O–H groups in total. The van der Waals surface area contributed by atoms with E-state index in [9.17, 15) is 9.18 Å². The van der Waals surface area contributed by atoms with Gasteiger partial charge in [0.2, 0.25) is 5.91 Å². The van der Waals surface area contributed by atoms with Crippen LogP contribution in [0.15, 0.2) is 42.6 Å². The molecule has 0 saturated carbocycles. The number of aromatic nitrogens is 3. The maximum Gasteiger partial charge on any atom is 0.246 e. The topological polar surface area (TPSA) is 80.2 Å². The average molecular weight is 438 g/mol. The van der Waals surface area contributed by atoms with E-state index < -0.39 is 0 Å². The van der Waals surface area contributed by atoms with Crippen molar-refractivity contribution in [3.8, 4) is 5.75 Å². The predicted molar refractivity (Wildman–Crippen MR) is 122 cm³/mol. The van der Waals surface area contributed by atoms with Gasteiger partial charge in [0.15, 0.2) is 5.82 Å². The molecule has 8 heteroatoms. The molecule has 0 spiro atoms. The number of anilines is 2. The molecule has 3 aromatic rings. The van der Waals surface area contributed by atoms with Gasteiger partial charge in [-0.2, -0.15) is 0 Å². The maximum absolute atomic E-state index is 12.9. The van der Waals surface area contributed by atoms with Crippen molar-refractivity contribution < 1.29 is 13.9 Å². The second-order valence-corrected chi connectivity index (χ2v) is 7.60. The lowest BCUT2D eigenvalue weighted by atomic mass is 10.1. The molecular weight excluding hydrogens is 409 g/mol. The summed E-state index contributed by atoms with van der Waals surface area (Å²) in [4.78, 5) is 27.2. The van der Waals surface area contributed by atoms with Crippen LogP contribution in [0, 0.1) is 12.7 Å². The molecule has 0 saturated heterocycles. The van der Waals surface area contributed by atoms with Gasteiger partial charge in [0, 0.05) is 13.5 Å². The summed E-state index contributed by atoms with van der Waals surface area (Å²) in [5.74, 6) is 1.81. The number of hydrogen-bond donors (Lipinski definition) is 1. The molecule has 0 unspecified atom stereocenters. The van der Waals surface area contributed by atoms with E-state index in [0.717, 1.165) is 35.1 Å². The standard InChI is InChI=1S/C23H24FN5O2.CH4/c1-14-21-22(29(3)15(2)23(30)28-21)27-20(26-14)11-6-16-4-9-19(10-5-16)31-13-18-8-7-17(24)12-25-18;/h4-5,7-10,12,15H,6,11,13H2,1-3H3,(H,28,30);1H4/t15-;/m0./s1. The lowest BCUT2D eigenvalue weighted by Gasteiger charge is -2.32. The summed E-state index contributed by atoms with van der Waals surface area (Å²) in [6.45, 7) is 4.02. The number of likely N-dealkylation sites (N-methyl/N-ethyl adjacent to an activating group) is 1. The molecule has 4 rings (SSSR count). The molecule has 32 heavy (non-hydrogen) atoms. The van der Waals surface area contributed by atoms with Crippen molar-refractivity contribution in [3.05, 3.63) is 71.2 Å². The summed E-state index contributed by atoms with van der Waals surface area (Å²) >= 11 is 0. The Morgan fingerprint density at radius 3 is 2.56 bits per heavy atom. The minimum absolute atomic E-state index is 0. The molecule has 0 aliphatic carbocycles. The highest BCUT2D eigenvalue weighted by atomic mass is 19.1. The van der Waals surface area contributed by atoms with Crippen molar-refractivity contribution in [2.24, 2.45) is 0 Å². The Hall–Kier alpha value is -3.55. The van der Waals surface area contributed by atoms with Gasteiger partial charge in [-0.3, -0.25) is 9.78 Å². The van der Waals surface area contributed by atoms with E-state index in [1.165, 1.54) is 12.3 Å². The number of hydrogen-bond acceptors (Lipinski definition) is 6. The Labute approximate surface area is 187 Å². The molecule has 7 nitrogen and oxygen atoms in total. The number of ether oxygens (including phenoxy) is 1. The lowest BCUT2D eigenvalue weighted by molar-refractivity contribution is -0.117. The first-order valence-electron chi connectivity index (χ1n) is 10.1. The second-order valence-electron chi connectivity index (χ2n) is 7.60. The van der Waals surface area contributed by atoms with Crippen LogP contribution >= 0.6 is 0 Å². The number of pyridine rings is 1. The van der Waals surface area contributed by atoms with Crippen molar-refractivity contribution in [1.82, 2.24) is 15.0 Å². The van der Waals surface area contributed by atoms with Gasteiger partial charge < -0.3 is 15.0 Å². The molecular formula is C24H28FN5O2. The van der Waals surface area contributed by atoms with Crippen LogP contribution in [0.2, 0.25) is 0 Å². The first-order valence-corrected chi connectivity index (χ1v) is 10.1. The van der Waals surface area contributed by atoms with Crippen molar-refractivity contribution in [2.45, 2.75) is 46.8 Å². The summed E-state index contributed by atoms with van der Waals surface area (Å²) < 4.78 is 18.6. The van der Waals surface area contributed by atoms with E-state index in [1.54, 1.807) is 6.07 Å². The zero-order chi connectivity index (χ0) is 22.0. The van der Waals surface area contributed by atoms with Crippen LogP contribution in [0.3, 0.4) is 0 Å². The van der Waals surface area contributed by atoms with E-state index in [1.807, 2.05) is 50.1 Å². The molecule has 0 radical (unpaired) electrons. The lowest BCUT2D eigenvalue weighted by Crippen LogP contribution is -2.45. The van der Waals surface area contributed by atoms with Gasteiger partial charge in [-0.1, -0.05) is 19.6 Å². The molecule has 1 amide bonds. The smallest absolute Gasteiger partial charge is 0.246 e. The molecule has 168 valence electrons. The third-order valence-corrected chi connectivity index (χ3v) is 5.40. The monoisotopic (exact) mass is 437 g/mol. The summed E-state index contributed by atoms with van der Waals surface area (Å²) in [6, 6.07) is 10.5. The van der Waals surface area contributed by atoms with Crippen molar-refractivity contribution in [1.29, 1.82) is 0 Å². The Balaban J connectivity index is 0.00000289. The number of carbonyl (C=O) groups excluding carboxylic acids is 1. The van der Waals surface area contributed by atoms with E-state index in [4.69, 9.17) is 4.74 Å². The van der Waals surface area contributed by atoms with E-state index in [0.29, 0.717) is 17.8 Å². The Morgan fingerprint density at radius 2 is 1.88 bits per heavy atom. The van der Waals surface area contributed by atoms with Crippen molar-refractivity contribution in [2.75, 3.05) is 17.3 Å². The largest absolute Gasteiger partial charge is 0.487 e. The first kappa shape index (κ1) is 23.1. The van der Waals surface area contributed by atoms with Crippen LogP contribution in [-0.4, -0.2) is 33.9 Å². The fraction of sp³-hybridized carbons (Fsp3) is 0.333. The zero-order valence-corrected chi connectivity index (χ0v) is 17.7. The molecule has 2 aromatic heterocycles. The van der Waals surface area contributed by atoms with E-state index in [2.05, 4.69) is 20.3 Å². The normalized spacial score (nSPS) is 14.9. The molecule has 0 fully saturated rings. The molecule has 1 aliphatic heterocycles. The number of rotatable bonds is 6. The summed E-state index contributed by atoms with van der Waals surface area (Å²) in [7, 11) is 1.87. The minimum atomic E-state index is -0.364. The maximum atomic E-state index is 12.9. The van der Waals surface area contributed by atoms with Crippen LogP contribution < -0.4 is 15.0 Å². The quantitative estimate of drug-likeness (QED) is 0.626. The van der Waals surface area contributed by atoms with Gasteiger partial charge in [0.25, 0.3) is 0 Å². The van der Waals surface area contributed by atoms with Crippen LogP contribution in [0.5, 0.6) is 5.75 Å². The fourth-order valence-corrected chi connectivity index (χ4v) is 3.37. The van der Waals surface area contributed by atoms with Gasteiger partial charge in [-0.15, -0.1) is 0 Å². The number of aryl methyl sites for hydroxylation is 3. The molecule has 1 aliphatic rings. The molecule has 1 atom stereocenters. The number of benzene rings is 1. The highest BCUT2D eigenvalue weighted by molar-refractivity contribution is 6.02. The predicted octanol–water partition coefficient (Wildman–Crippen LogP) is 4.10. The number of nitrogens with one attached hydrogen (secondary N) is 1. The van der Waals surface area contributed by atoms with Gasteiger partial charge >= 0.3 is 0 Å². The number of carbonyl (C=O) groups is 1. The second kappa shape index (κ2) is 9.72. The number of halogens is 1. The Bertz CT molecular complexity index is 1090. The highest BCUT2D eigenvalue weighted by Gasteiger charge is 2.30. The summed E-state index contributed by atoms with van der Waals surface area (Å²) in [6.07, 6.45) is 2.65. The van der Waals surface area contributed by atoms with Gasteiger partial charge in [-0.05, 0) is 50.1 Å². The van der Waals surface area contributed by atoms with Gasteiger partial charge in [-0.25, -0.2) is 14.4 Å². The molecule has 0 bridgehead atoms. The minimum Gasteiger partial charge on any atom is -0.487 e. The van der Waals surface area contributed by atoms with Crippen LogP contribution in [0.25, 0.3) is 0 Å². The number of nitrogens with zero attached hydrogens (tertiary/aromatic N) is 4. The third kappa shape index (κ3) is 5.01. The molecule has 3 heterocycles. The van der Waals surface area contributed by atoms with E-state index >= 15 is 0 Å². The van der Waals surface area contributed by atoms with Gasteiger partial charge in [0.1, 0.15) is 35.7 Å². The first-order chi connectivity index (χ1) is 14.9. The zero-order valence-electron chi connectivity index (χ0n) is 17.7.